The van der Waals surface area contributed by atoms with Crippen LogP contribution >= 0.6 is 0 Å². The Hall–Kier alpha value is -0.830. The van der Waals surface area contributed by atoms with E-state index in [-0.39, 0.29) is 11.8 Å². The molecule has 0 aromatic carbocycles. The minimum Gasteiger partial charge on any atom is -0.388 e. The molecule has 0 heterocycles. The molecule has 90 valence electrons. The Bertz CT molecular complexity index is 292. The monoisotopic (exact) mass is 223 g/mol. The molecule has 0 bridgehead atoms. The molecule has 0 unspecified atom stereocenters. The molecule has 1 saturated carbocycles. The Morgan fingerprint density at radius 1 is 1.44 bits per heavy atom. The lowest BCUT2D eigenvalue weighted by Crippen LogP contribution is -2.44. The molecule has 0 spiro atoms. The summed E-state index contributed by atoms with van der Waals surface area (Å²) in [5.41, 5.74) is -0.708. The van der Waals surface area contributed by atoms with Gasteiger partial charge in [0.05, 0.1) is 5.60 Å². The average Bonchev–Trinajstić information content (AvgIpc) is 3.11. The molecule has 1 fully saturated rings. The Kier molecular flexibility index (Phi) is 3.33. The zero-order chi connectivity index (χ0) is 11.6. The highest BCUT2D eigenvalue weighted by Gasteiger charge is 2.40. The normalized spacial score (nSPS) is 28.5. The van der Waals surface area contributed by atoms with Crippen molar-refractivity contribution < 1.29 is 9.90 Å². The molecule has 1 amide bonds. The number of amides is 1. The van der Waals surface area contributed by atoms with Crippen LogP contribution in [0.5, 0.6) is 0 Å². The second-order valence-electron chi connectivity index (χ2n) is 5.33. The lowest BCUT2D eigenvalue weighted by atomic mass is 9.93. The summed E-state index contributed by atoms with van der Waals surface area (Å²) in [7, 11) is 0. The highest BCUT2D eigenvalue weighted by atomic mass is 16.3. The second kappa shape index (κ2) is 4.58. The topological polar surface area (TPSA) is 49.3 Å². The average molecular weight is 223 g/mol. The molecule has 2 rings (SSSR count). The number of hydrogen-bond acceptors (Lipinski definition) is 2. The van der Waals surface area contributed by atoms with Gasteiger partial charge in [-0.25, -0.2) is 0 Å². The molecule has 2 aliphatic rings. The molecular formula is C13H21NO2. The van der Waals surface area contributed by atoms with Gasteiger partial charge < -0.3 is 10.4 Å². The first-order valence-electron chi connectivity index (χ1n) is 6.25. The zero-order valence-corrected chi connectivity index (χ0v) is 9.91. The van der Waals surface area contributed by atoms with Crippen molar-refractivity contribution in [2.45, 2.75) is 44.6 Å². The fraction of sp³-hybridized carbons (Fsp3) is 0.769. The van der Waals surface area contributed by atoms with E-state index >= 15 is 0 Å². The van der Waals surface area contributed by atoms with Gasteiger partial charge in [0.15, 0.2) is 0 Å². The van der Waals surface area contributed by atoms with E-state index < -0.39 is 5.60 Å². The van der Waals surface area contributed by atoms with E-state index in [1.165, 1.54) is 0 Å². The van der Waals surface area contributed by atoms with Crippen LogP contribution in [0, 0.1) is 11.8 Å². The molecule has 0 saturated heterocycles. The van der Waals surface area contributed by atoms with Gasteiger partial charge in [-0.2, -0.15) is 0 Å². The number of allylic oxidation sites excluding steroid dienone is 2. The van der Waals surface area contributed by atoms with Crippen molar-refractivity contribution in [2.75, 3.05) is 6.54 Å². The number of nitrogens with one attached hydrogen (secondary N) is 1. The third-order valence-corrected chi connectivity index (χ3v) is 3.72. The minimum absolute atomic E-state index is 0.102. The van der Waals surface area contributed by atoms with Crippen molar-refractivity contribution in [2.24, 2.45) is 11.8 Å². The summed E-state index contributed by atoms with van der Waals surface area (Å²) in [6, 6.07) is 0. The Morgan fingerprint density at radius 2 is 2.19 bits per heavy atom. The van der Waals surface area contributed by atoms with E-state index in [0.29, 0.717) is 12.5 Å². The molecule has 0 radical (unpaired) electrons. The molecule has 3 nitrogen and oxygen atoms in total. The third kappa shape index (κ3) is 2.85. The van der Waals surface area contributed by atoms with Crippen LogP contribution in [0.15, 0.2) is 12.2 Å². The highest BCUT2D eigenvalue weighted by Crippen LogP contribution is 2.39. The summed E-state index contributed by atoms with van der Waals surface area (Å²) in [6.07, 6.45) is 9.17. The summed E-state index contributed by atoms with van der Waals surface area (Å²) in [6.45, 7) is 2.22. The molecule has 3 heteroatoms. The summed E-state index contributed by atoms with van der Waals surface area (Å²) >= 11 is 0. The first kappa shape index (κ1) is 11.6. The molecule has 2 aliphatic carbocycles. The fourth-order valence-electron chi connectivity index (χ4n) is 2.29. The van der Waals surface area contributed by atoms with Crippen molar-refractivity contribution in [3.05, 3.63) is 12.2 Å². The summed E-state index contributed by atoms with van der Waals surface area (Å²) < 4.78 is 0. The maximum atomic E-state index is 11.8. The van der Waals surface area contributed by atoms with E-state index in [9.17, 15) is 9.90 Å². The van der Waals surface area contributed by atoms with E-state index in [1.54, 1.807) is 0 Å². The molecule has 0 aromatic heterocycles. The van der Waals surface area contributed by atoms with Crippen LogP contribution in [-0.4, -0.2) is 23.2 Å². The fourth-order valence-corrected chi connectivity index (χ4v) is 2.29. The van der Waals surface area contributed by atoms with Crippen molar-refractivity contribution in [3.8, 4) is 0 Å². The van der Waals surface area contributed by atoms with Crippen LogP contribution in [0.4, 0.5) is 0 Å². The van der Waals surface area contributed by atoms with Gasteiger partial charge in [-0.05, 0) is 44.9 Å². The Balaban J connectivity index is 1.76. The van der Waals surface area contributed by atoms with Crippen molar-refractivity contribution in [3.63, 3.8) is 0 Å². The minimum atomic E-state index is -0.708. The number of rotatable bonds is 4. The summed E-state index contributed by atoms with van der Waals surface area (Å²) in [5.74, 6) is 0.601. The van der Waals surface area contributed by atoms with Crippen molar-refractivity contribution >= 4 is 5.91 Å². The van der Waals surface area contributed by atoms with Crippen LogP contribution in [-0.2, 0) is 4.79 Å². The number of hydrogen-bond donors (Lipinski definition) is 2. The largest absolute Gasteiger partial charge is 0.388 e. The quantitative estimate of drug-likeness (QED) is 0.711. The van der Waals surface area contributed by atoms with Crippen molar-refractivity contribution in [1.82, 2.24) is 5.32 Å². The van der Waals surface area contributed by atoms with Crippen LogP contribution in [0.2, 0.25) is 0 Å². The molecule has 16 heavy (non-hydrogen) atoms. The smallest absolute Gasteiger partial charge is 0.223 e. The highest BCUT2D eigenvalue weighted by molar-refractivity contribution is 5.79. The molecule has 0 aliphatic heterocycles. The SMILES string of the molecule is C[C@@](O)(CNC(=O)[C@@H]1CC=CCC1)C1CC1. The maximum absolute atomic E-state index is 11.8. The number of aliphatic hydroxyl groups is 1. The van der Waals surface area contributed by atoms with Gasteiger partial charge >= 0.3 is 0 Å². The van der Waals surface area contributed by atoms with Gasteiger partial charge in [-0.1, -0.05) is 12.2 Å². The van der Waals surface area contributed by atoms with Crippen LogP contribution in [0.25, 0.3) is 0 Å². The third-order valence-electron chi connectivity index (χ3n) is 3.72. The van der Waals surface area contributed by atoms with E-state index in [0.717, 1.165) is 32.1 Å². The van der Waals surface area contributed by atoms with Gasteiger partial charge in [-0.15, -0.1) is 0 Å². The second-order valence-corrected chi connectivity index (χ2v) is 5.33. The van der Waals surface area contributed by atoms with Crippen LogP contribution < -0.4 is 5.32 Å². The molecule has 2 N–H and O–H groups in total. The van der Waals surface area contributed by atoms with E-state index in [4.69, 9.17) is 0 Å². The number of carbonyl (C=O) groups is 1. The molecular weight excluding hydrogens is 202 g/mol. The van der Waals surface area contributed by atoms with Gasteiger partial charge in [0, 0.05) is 12.5 Å². The predicted molar refractivity (Wildman–Crippen MR) is 62.8 cm³/mol. The number of carbonyl (C=O) groups excluding carboxylic acids is 1. The van der Waals surface area contributed by atoms with Gasteiger partial charge in [0.1, 0.15) is 0 Å². The predicted octanol–water partition coefficient (Wildman–Crippen LogP) is 1.62. The zero-order valence-electron chi connectivity index (χ0n) is 9.91. The Morgan fingerprint density at radius 3 is 2.75 bits per heavy atom. The lowest BCUT2D eigenvalue weighted by molar-refractivity contribution is -0.126. The summed E-state index contributed by atoms with van der Waals surface area (Å²) in [5, 5.41) is 13.0. The maximum Gasteiger partial charge on any atom is 0.223 e. The van der Waals surface area contributed by atoms with Crippen LogP contribution in [0.3, 0.4) is 0 Å². The van der Waals surface area contributed by atoms with Gasteiger partial charge in [-0.3, -0.25) is 4.79 Å². The summed E-state index contributed by atoms with van der Waals surface area (Å²) in [4.78, 5) is 11.8. The lowest BCUT2D eigenvalue weighted by Gasteiger charge is -2.25. The first-order chi connectivity index (χ1) is 7.59. The molecule has 0 aromatic rings. The molecule has 2 atom stereocenters. The van der Waals surface area contributed by atoms with Crippen molar-refractivity contribution in [1.29, 1.82) is 0 Å². The van der Waals surface area contributed by atoms with Gasteiger partial charge in [0.25, 0.3) is 0 Å². The first-order valence-corrected chi connectivity index (χ1v) is 6.25. The van der Waals surface area contributed by atoms with E-state index in [2.05, 4.69) is 17.5 Å². The Labute approximate surface area is 96.9 Å². The van der Waals surface area contributed by atoms with Crippen LogP contribution in [0.1, 0.15) is 39.0 Å². The standard InChI is InChI=1S/C13H21NO2/c1-13(16,11-7-8-11)9-14-12(15)10-5-3-2-4-6-10/h2-3,10-11,16H,4-9H2,1H3,(H,14,15)/t10-,13-/m1/s1. The van der Waals surface area contributed by atoms with E-state index in [1.807, 2.05) is 6.92 Å². The van der Waals surface area contributed by atoms with Gasteiger partial charge in [0.2, 0.25) is 5.91 Å².